The van der Waals surface area contributed by atoms with Gasteiger partial charge in [-0.2, -0.15) is 0 Å². The molecule has 0 aliphatic rings. The Morgan fingerprint density at radius 2 is 2.00 bits per heavy atom. The number of rotatable bonds is 2. The molecule has 3 N–H and O–H groups in total. The second-order valence-electron chi connectivity index (χ2n) is 3.83. The number of pyridine rings is 1. The summed E-state index contributed by atoms with van der Waals surface area (Å²) in [6, 6.07) is 4.00. The van der Waals surface area contributed by atoms with Gasteiger partial charge in [-0.3, -0.25) is 0 Å². The Hall–Kier alpha value is -0.873. The lowest BCUT2D eigenvalue weighted by atomic mass is 10.5. The van der Waals surface area contributed by atoms with Crippen molar-refractivity contribution in [1.29, 1.82) is 0 Å². The molecule has 0 bridgehead atoms. The number of hydrogen-bond donors (Lipinski definition) is 2. The van der Waals surface area contributed by atoms with E-state index >= 15 is 0 Å². The average molecular weight is 181 g/mol. The van der Waals surface area contributed by atoms with Gasteiger partial charge < -0.3 is 5.43 Å². The zero-order valence-electron chi connectivity index (χ0n) is 7.76. The van der Waals surface area contributed by atoms with Crippen LogP contribution in [0.3, 0.4) is 0 Å². The maximum atomic E-state index is 5.21. The van der Waals surface area contributed by atoms with Gasteiger partial charge in [0.2, 0.25) is 0 Å². The van der Waals surface area contributed by atoms with Crippen molar-refractivity contribution in [3.63, 3.8) is 0 Å². The van der Waals surface area contributed by atoms with Crippen LogP contribution in [-0.4, -0.2) is 13.1 Å². The van der Waals surface area contributed by atoms with Gasteiger partial charge in [-0.15, -0.1) is 0 Å². The highest BCUT2D eigenvalue weighted by Crippen LogP contribution is 2.03. The first kappa shape index (κ1) is 9.22. The molecular formula is C8H15N3Si. The van der Waals surface area contributed by atoms with Crippen molar-refractivity contribution in [3.8, 4) is 0 Å². The number of hydrogen-bond acceptors (Lipinski definition) is 3. The monoisotopic (exact) mass is 181 g/mol. The third kappa shape index (κ3) is 2.06. The summed E-state index contributed by atoms with van der Waals surface area (Å²) >= 11 is 0. The topological polar surface area (TPSA) is 50.9 Å². The fraction of sp³-hybridized carbons (Fsp3) is 0.375. The number of nitrogen functional groups attached to an aromatic ring is 1. The van der Waals surface area contributed by atoms with E-state index < -0.39 is 8.07 Å². The normalized spacial score (nSPS) is 11.3. The van der Waals surface area contributed by atoms with E-state index in [1.165, 1.54) is 5.19 Å². The van der Waals surface area contributed by atoms with Gasteiger partial charge in [0.05, 0.1) is 8.07 Å². The van der Waals surface area contributed by atoms with Crippen LogP contribution in [0.4, 0.5) is 5.82 Å². The van der Waals surface area contributed by atoms with Crippen molar-refractivity contribution in [1.82, 2.24) is 4.98 Å². The Kier molecular flexibility index (Phi) is 2.49. The minimum atomic E-state index is -1.20. The van der Waals surface area contributed by atoms with Crippen molar-refractivity contribution in [2.24, 2.45) is 5.84 Å². The van der Waals surface area contributed by atoms with E-state index in [-0.39, 0.29) is 0 Å². The van der Waals surface area contributed by atoms with Gasteiger partial charge in [0.15, 0.2) is 0 Å². The highest BCUT2D eigenvalue weighted by Gasteiger charge is 2.15. The van der Waals surface area contributed by atoms with E-state index in [0.717, 1.165) is 5.82 Å². The zero-order chi connectivity index (χ0) is 9.19. The number of anilines is 1. The summed E-state index contributed by atoms with van der Waals surface area (Å²) < 4.78 is 0. The van der Waals surface area contributed by atoms with Crippen molar-refractivity contribution >= 4 is 19.1 Å². The van der Waals surface area contributed by atoms with E-state index in [1.807, 2.05) is 12.3 Å². The fourth-order valence-corrected chi connectivity index (χ4v) is 1.96. The number of aromatic nitrogens is 1. The van der Waals surface area contributed by atoms with Gasteiger partial charge in [-0.1, -0.05) is 25.7 Å². The molecule has 1 heterocycles. The zero-order valence-corrected chi connectivity index (χ0v) is 8.76. The molecular weight excluding hydrogens is 166 g/mol. The maximum absolute atomic E-state index is 5.21. The molecule has 0 saturated heterocycles. The second-order valence-corrected chi connectivity index (χ2v) is 8.90. The molecule has 0 aliphatic heterocycles. The van der Waals surface area contributed by atoms with E-state index in [0.29, 0.717) is 0 Å². The summed E-state index contributed by atoms with van der Waals surface area (Å²) in [5.74, 6) is 5.93. The minimum Gasteiger partial charge on any atom is -0.308 e. The van der Waals surface area contributed by atoms with Crippen molar-refractivity contribution < 1.29 is 0 Å². The molecule has 0 spiro atoms. The summed E-state index contributed by atoms with van der Waals surface area (Å²) in [5.41, 5.74) is 2.51. The van der Waals surface area contributed by atoms with E-state index in [1.54, 1.807) is 0 Å². The minimum absolute atomic E-state index is 0.719. The molecule has 1 rings (SSSR count). The van der Waals surface area contributed by atoms with Crippen LogP contribution >= 0.6 is 0 Å². The van der Waals surface area contributed by atoms with Crippen molar-refractivity contribution in [2.75, 3.05) is 5.43 Å². The highest BCUT2D eigenvalue weighted by molar-refractivity contribution is 6.88. The molecule has 66 valence electrons. The van der Waals surface area contributed by atoms with Gasteiger partial charge in [-0.25, -0.2) is 10.8 Å². The van der Waals surface area contributed by atoms with Crippen LogP contribution in [0.15, 0.2) is 18.3 Å². The van der Waals surface area contributed by atoms with Crippen LogP contribution in [-0.2, 0) is 0 Å². The molecule has 4 heteroatoms. The average Bonchev–Trinajstić information content (AvgIpc) is 2.03. The molecule has 1 aromatic rings. The first-order valence-corrected chi connectivity index (χ1v) is 7.47. The van der Waals surface area contributed by atoms with Gasteiger partial charge in [0, 0.05) is 6.20 Å². The Bertz CT molecular complexity index is 250. The van der Waals surface area contributed by atoms with E-state index in [9.17, 15) is 0 Å². The molecule has 0 amide bonds. The molecule has 1 aromatic heterocycles. The lowest BCUT2D eigenvalue weighted by Gasteiger charge is -2.15. The Labute approximate surface area is 74.0 Å². The first-order chi connectivity index (χ1) is 5.54. The maximum Gasteiger partial charge on any atom is 0.139 e. The van der Waals surface area contributed by atoms with Gasteiger partial charge in [0.25, 0.3) is 0 Å². The number of nitrogens with zero attached hydrogens (tertiary/aromatic N) is 1. The molecule has 0 atom stereocenters. The second kappa shape index (κ2) is 3.24. The Morgan fingerprint density at radius 3 is 2.33 bits per heavy atom. The highest BCUT2D eigenvalue weighted by atomic mass is 28.3. The third-order valence-electron chi connectivity index (χ3n) is 1.78. The predicted octanol–water partition coefficient (Wildman–Crippen LogP) is 0.912. The quantitative estimate of drug-likeness (QED) is 0.405. The van der Waals surface area contributed by atoms with Crippen LogP contribution in [0.1, 0.15) is 0 Å². The number of nitrogens with one attached hydrogen (secondary N) is 1. The van der Waals surface area contributed by atoms with Gasteiger partial charge in [-0.05, 0) is 11.3 Å². The SMILES string of the molecule is C[Si](C)(C)c1ccc(NN)nc1. The fourth-order valence-electron chi connectivity index (χ4n) is 0.923. The Balaban J connectivity index is 2.93. The molecule has 0 saturated carbocycles. The van der Waals surface area contributed by atoms with Gasteiger partial charge >= 0.3 is 0 Å². The summed E-state index contributed by atoms with van der Waals surface area (Å²) in [5, 5.41) is 1.35. The number of hydrazine groups is 1. The van der Waals surface area contributed by atoms with E-state index in [4.69, 9.17) is 5.84 Å². The molecule has 3 nitrogen and oxygen atoms in total. The number of nitrogens with two attached hydrogens (primary N) is 1. The van der Waals surface area contributed by atoms with Crippen LogP contribution in [0.5, 0.6) is 0 Å². The lowest BCUT2D eigenvalue weighted by Crippen LogP contribution is -2.37. The van der Waals surface area contributed by atoms with Crippen LogP contribution < -0.4 is 16.5 Å². The lowest BCUT2D eigenvalue weighted by molar-refractivity contribution is 1.23. The largest absolute Gasteiger partial charge is 0.308 e. The Morgan fingerprint density at radius 1 is 1.33 bits per heavy atom. The van der Waals surface area contributed by atoms with Crippen LogP contribution in [0.2, 0.25) is 19.6 Å². The molecule has 0 unspecified atom stereocenters. The van der Waals surface area contributed by atoms with Crippen molar-refractivity contribution in [2.45, 2.75) is 19.6 Å². The molecule has 0 fully saturated rings. The van der Waals surface area contributed by atoms with E-state index in [2.05, 4.69) is 36.1 Å². The summed E-state index contributed by atoms with van der Waals surface area (Å²) in [6.45, 7) is 6.87. The first-order valence-electron chi connectivity index (χ1n) is 3.97. The van der Waals surface area contributed by atoms with Crippen LogP contribution in [0.25, 0.3) is 0 Å². The standard InChI is InChI=1S/C8H15N3Si/c1-12(2,3)7-4-5-8(11-9)10-6-7/h4-6H,9H2,1-3H3,(H,10,11). The summed E-state index contributed by atoms with van der Waals surface area (Å²) in [4.78, 5) is 4.16. The smallest absolute Gasteiger partial charge is 0.139 e. The molecule has 0 aliphatic carbocycles. The summed E-state index contributed by atoms with van der Waals surface area (Å²) in [7, 11) is -1.20. The molecule has 12 heavy (non-hydrogen) atoms. The molecule has 0 radical (unpaired) electrons. The predicted molar refractivity (Wildman–Crippen MR) is 55.0 cm³/mol. The van der Waals surface area contributed by atoms with Gasteiger partial charge in [0.1, 0.15) is 5.82 Å². The summed E-state index contributed by atoms with van der Waals surface area (Å²) in [6.07, 6.45) is 1.90. The van der Waals surface area contributed by atoms with Crippen molar-refractivity contribution in [3.05, 3.63) is 18.3 Å². The third-order valence-corrected chi connectivity index (χ3v) is 3.81. The molecule has 0 aromatic carbocycles. The van der Waals surface area contributed by atoms with Crippen LogP contribution in [0, 0.1) is 0 Å².